The maximum atomic E-state index is 11.0. The second kappa shape index (κ2) is 15.1. The summed E-state index contributed by atoms with van der Waals surface area (Å²) in [5.41, 5.74) is 0.553. The SMILES string of the molecule is CCCCCCN(CCC=C(CC)C(=O)O)CCCCCC. The van der Waals surface area contributed by atoms with E-state index in [0.717, 1.165) is 26.1 Å². The number of nitrogens with zero attached hydrogens (tertiary/aromatic N) is 1. The molecule has 22 heavy (non-hydrogen) atoms. The fourth-order valence-electron chi connectivity index (χ4n) is 2.66. The molecular weight excluding hydrogens is 274 g/mol. The number of aliphatic carboxylic acids is 1. The Bertz CT molecular complexity index is 288. The van der Waals surface area contributed by atoms with Crippen LogP contribution in [0.3, 0.4) is 0 Å². The van der Waals surface area contributed by atoms with Gasteiger partial charge in [0.15, 0.2) is 0 Å². The molecule has 0 unspecified atom stereocenters. The standard InChI is InChI=1S/C19H37NO2/c1-4-7-9-11-15-20(16-12-10-8-5-2)17-13-14-18(6-3)19(21)22/h14H,4-13,15-17H2,1-3H3,(H,21,22). The summed E-state index contributed by atoms with van der Waals surface area (Å²) >= 11 is 0. The highest BCUT2D eigenvalue weighted by Crippen LogP contribution is 2.08. The molecule has 0 aliphatic rings. The topological polar surface area (TPSA) is 40.5 Å². The smallest absolute Gasteiger partial charge is 0.331 e. The van der Waals surface area contributed by atoms with Crippen LogP contribution in [0.5, 0.6) is 0 Å². The molecule has 0 spiro atoms. The van der Waals surface area contributed by atoms with Gasteiger partial charge in [-0.25, -0.2) is 4.79 Å². The number of hydrogen-bond donors (Lipinski definition) is 1. The fraction of sp³-hybridized carbons (Fsp3) is 0.842. The van der Waals surface area contributed by atoms with Crippen LogP contribution in [0.1, 0.15) is 85.0 Å². The zero-order chi connectivity index (χ0) is 16.6. The van der Waals surface area contributed by atoms with E-state index in [1.165, 1.54) is 51.4 Å². The van der Waals surface area contributed by atoms with Crippen molar-refractivity contribution in [2.24, 2.45) is 0 Å². The number of carbonyl (C=O) groups is 1. The number of carboxylic acids is 1. The lowest BCUT2D eigenvalue weighted by atomic mass is 10.1. The van der Waals surface area contributed by atoms with E-state index in [9.17, 15) is 4.79 Å². The van der Waals surface area contributed by atoms with Gasteiger partial charge in [-0.2, -0.15) is 0 Å². The molecule has 0 rings (SSSR count). The highest BCUT2D eigenvalue weighted by Gasteiger charge is 2.06. The van der Waals surface area contributed by atoms with Crippen LogP contribution >= 0.6 is 0 Å². The molecule has 0 saturated carbocycles. The quantitative estimate of drug-likeness (QED) is 0.331. The van der Waals surface area contributed by atoms with Gasteiger partial charge in [0.25, 0.3) is 0 Å². The Balaban J connectivity index is 4.16. The molecule has 0 bridgehead atoms. The normalized spacial score (nSPS) is 12.1. The van der Waals surface area contributed by atoms with Crippen LogP contribution in [0, 0.1) is 0 Å². The second-order valence-electron chi connectivity index (χ2n) is 6.14. The minimum Gasteiger partial charge on any atom is -0.478 e. The number of unbranched alkanes of at least 4 members (excludes halogenated alkanes) is 6. The van der Waals surface area contributed by atoms with E-state index < -0.39 is 5.97 Å². The van der Waals surface area contributed by atoms with Gasteiger partial charge in [0.2, 0.25) is 0 Å². The Kier molecular flexibility index (Phi) is 14.5. The molecule has 0 aromatic rings. The lowest BCUT2D eigenvalue weighted by Gasteiger charge is -2.21. The van der Waals surface area contributed by atoms with Crippen LogP contribution in [0.25, 0.3) is 0 Å². The van der Waals surface area contributed by atoms with Crippen LogP contribution in [-0.2, 0) is 4.79 Å². The molecule has 1 N–H and O–H groups in total. The van der Waals surface area contributed by atoms with Crippen LogP contribution < -0.4 is 0 Å². The molecule has 0 heterocycles. The highest BCUT2D eigenvalue weighted by molar-refractivity contribution is 5.86. The van der Waals surface area contributed by atoms with Crippen LogP contribution in [0.4, 0.5) is 0 Å². The molecular formula is C19H37NO2. The van der Waals surface area contributed by atoms with Gasteiger partial charge in [0.1, 0.15) is 0 Å². The van der Waals surface area contributed by atoms with Gasteiger partial charge in [-0.05, 0) is 38.8 Å². The van der Waals surface area contributed by atoms with Crippen LogP contribution in [0.15, 0.2) is 11.6 Å². The molecule has 0 aromatic carbocycles. The predicted octanol–water partition coefficient (Wildman–Crippen LogP) is 5.26. The third-order valence-corrected chi connectivity index (χ3v) is 4.15. The predicted molar refractivity (Wildman–Crippen MR) is 95.4 cm³/mol. The molecule has 0 amide bonds. The van der Waals surface area contributed by atoms with E-state index in [1.54, 1.807) is 0 Å². The Morgan fingerprint density at radius 3 is 1.82 bits per heavy atom. The fourth-order valence-corrected chi connectivity index (χ4v) is 2.66. The lowest BCUT2D eigenvalue weighted by molar-refractivity contribution is -0.132. The minimum atomic E-state index is -0.764. The summed E-state index contributed by atoms with van der Waals surface area (Å²) < 4.78 is 0. The number of rotatable bonds is 15. The molecule has 3 nitrogen and oxygen atoms in total. The van der Waals surface area contributed by atoms with Gasteiger partial charge in [-0.3, -0.25) is 0 Å². The second-order valence-corrected chi connectivity index (χ2v) is 6.14. The third-order valence-electron chi connectivity index (χ3n) is 4.15. The maximum absolute atomic E-state index is 11.0. The summed E-state index contributed by atoms with van der Waals surface area (Å²) in [5, 5.41) is 9.06. The van der Waals surface area contributed by atoms with Crippen LogP contribution in [-0.4, -0.2) is 35.6 Å². The zero-order valence-electron chi connectivity index (χ0n) is 15.1. The van der Waals surface area contributed by atoms with Crippen molar-refractivity contribution in [2.45, 2.75) is 85.0 Å². The zero-order valence-corrected chi connectivity index (χ0v) is 15.1. The molecule has 0 aliphatic carbocycles. The number of hydrogen-bond acceptors (Lipinski definition) is 2. The van der Waals surface area contributed by atoms with Gasteiger partial charge in [-0.15, -0.1) is 0 Å². The Hall–Kier alpha value is -0.830. The first-order valence-corrected chi connectivity index (χ1v) is 9.30. The van der Waals surface area contributed by atoms with Gasteiger partial charge in [0, 0.05) is 12.1 Å². The van der Waals surface area contributed by atoms with E-state index in [4.69, 9.17) is 5.11 Å². The van der Waals surface area contributed by atoms with Gasteiger partial charge in [-0.1, -0.05) is 65.4 Å². The molecule has 3 heteroatoms. The van der Waals surface area contributed by atoms with Gasteiger partial charge >= 0.3 is 5.97 Å². The first-order chi connectivity index (χ1) is 10.7. The molecule has 0 aliphatic heterocycles. The van der Waals surface area contributed by atoms with Crippen molar-refractivity contribution in [3.63, 3.8) is 0 Å². The molecule has 0 radical (unpaired) electrons. The highest BCUT2D eigenvalue weighted by atomic mass is 16.4. The first-order valence-electron chi connectivity index (χ1n) is 9.30. The maximum Gasteiger partial charge on any atom is 0.331 e. The van der Waals surface area contributed by atoms with Crippen molar-refractivity contribution in [1.29, 1.82) is 0 Å². The summed E-state index contributed by atoms with van der Waals surface area (Å²) in [6.07, 6.45) is 13.7. The van der Waals surface area contributed by atoms with Crippen molar-refractivity contribution in [2.75, 3.05) is 19.6 Å². The van der Waals surface area contributed by atoms with E-state index in [0.29, 0.717) is 12.0 Å². The average Bonchev–Trinajstić information content (AvgIpc) is 2.51. The molecule has 0 saturated heterocycles. The number of carboxylic acid groups (broad SMARTS) is 1. The monoisotopic (exact) mass is 311 g/mol. The van der Waals surface area contributed by atoms with Gasteiger partial charge in [0.05, 0.1) is 0 Å². The van der Waals surface area contributed by atoms with E-state index >= 15 is 0 Å². The van der Waals surface area contributed by atoms with E-state index in [1.807, 2.05) is 13.0 Å². The van der Waals surface area contributed by atoms with Crippen molar-refractivity contribution in [3.8, 4) is 0 Å². The molecule has 130 valence electrons. The van der Waals surface area contributed by atoms with E-state index in [2.05, 4.69) is 18.7 Å². The Labute approximate surface area is 137 Å². The van der Waals surface area contributed by atoms with E-state index in [-0.39, 0.29) is 0 Å². The average molecular weight is 312 g/mol. The largest absolute Gasteiger partial charge is 0.478 e. The summed E-state index contributed by atoms with van der Waals surface area (Å²) in [5.74, 6) is -0.764. The Morgan fingerprint density at radius 1 is 0.864 bits per heavy atom. The van der Waals surface area contributed by atoms with Gasteiger partial charge < -0.3 is 10.0 Å². The summed E-state index contributed by atoms with van der Waals surface area (Å²) in [6, 6.07) is 0. The van der Waals surface area contributed by atoms with Crippen molar-refractivity contribution in [1.82, 2.24) is 4.90 Å². The summed E-state index contributed by atoms with van der Waals surface area (Å²) in [6.45, 7) is 9.71. The first kappa shape index (κ1) is 21.2. The molecule has 0 aromatic heterocycles. The summed E-state index contributed by atoms with van der Waals surface area (Å²) in [7, 11) is 0. The molecule has 0 fully saturated rings. The minimum absolute atomic E-state index is 0.553. The van der Waals surface area contributed by atoms with Crippen molar-refractivity contribution < 1.29 is 9.90 Å². The van der Waals surface area contributed by atoms with Crippen LogP contribution in [0.2, 0.25) is 0 Å². The molecule has 0 atom stereocenters. The Morgan fingerprint density at radius 2 is 1.41 bits per heavy atom. The lowest BCUT2D eigenvalue weighted by Crippen LogP contribution is -2.27. The van der Waals surface area contributed by atoms with Crippen molar-refractivity contribution >= 4 is 5.97 Å². The summed E-state index contributed by atoms with van der Waals surface area (Å²) in [4.78, 5) is 13.5. The van der Waals surface area contributed by atoms with Crippen molar-refractivity contribution in [3.05, 3.63) is 11.6 Å². The third kappa shape index (κ3) is 11.8.